The molecule has 5 heteroatoms. The second kappa shape index (κ2) is 9.98. The summed E-state index contributed by atoms with van der Waals surface area (Å²) in [4.78, 5) is 0. The normalized spacial score (nSPS) is 10.1. The van der Waals surface area contributed by atoms with Gasteiger partial charge in [-0.1, -0.05) is 29.3 Å². The van der Waals surface area contributed by atoms with Crippen molar-refractivity contribution in [2.45, 2.75) is 19.9 Å². The summed E-state index contributed by atoms with van der Waals surface area (Å²) >= 11 is 12.1. The molecule has 0 saturated heterocycles. The summed E-state index contributed by atoms with van der Waals surface area (Å²) in [6.07, 6.45) is 0.996. The minimum atomic E-state index is 0. The lowest BCUT2D eigenvalue weighted by molar-refractivity contribution is 0.144. The molecule has 1 aromatic carbocycles. The third-order valence-electron chi connectivity index (χ3n) is 2.21. The first-order valence-corrected chi connectivity index (χ1v) is 6.22. The van der Waals surface area contributed by atoms with Crippen LogP contribution in [0.15, 0.2) is 18.2 Å². The largest absolute Gasteiger partial charge is 0.382 e. The van der Waals surface area contributed by atoms with Gasteiger partial charge in [-0.2, -0.15) is 0 Å². The van der Waals surface area contributed by atoms with E-state index in [0.717, 1.165) is 31.7 Å². The van der Waals surface area contributed by atoms with E-state index in [-0.39, 0.29) is 12.4 Å². The number of benzene rings is 1. The van der Waals surface area contributed by atoms with Crippen LogP contribution >= 0.6 is 35.6 Å². The number of ether oxygens (including phenoxy) is 1. The highest BCUT2D eigenvalue weighted by atomic mass is 35.5. The average Bonchev–Trinajstić information content (AvgIpc) is 2.26. The van der Waals surface area contributed by atoms with Crippen molar-refractivity contribution in [1.82, 2.24) is 5.32 Å². The molecule has 0 atom stereocenters. The van der Waals surface area contributed by atoms with Gasteiger partial charge in [0.1, 0.15) is 0 Å². The van der Waals surface area contributed by atoms with Crippen molar-refractivity contribution in [3.63, 3.8) is 0 Å². The van der Waals surface area contributed by atoms with E-state index in [0.29, 0.717) is 16.6 Å². The van der Waals surface area contributed by atoms with Gasteiger partial charge >= 0.3 is 0 Å². The average molecular weight is 299 g/mol. The Morgan fingerprint density at radius 2 is 1.88 bits per heavy atom. The Hall–Kier alpha value is 0.01000. The van der Waals surface area contributed by atoms with Crippen molar-refractivity contribution >= 4 is 35.6 Å². The molecular weight excluding hydrogens is 280 g/mol. The number of hydrogen-bond donors (Lipinski definition) is 1. The molecule has 0 aromatic heterocycles. The second-order valence-corrected chi connectivity index (χ2v) is 4.24. The maximum absolute atomic E-state index is 6.04. The lowest BCUT2D eigenvalue weighted by atomic mass is 10.2. The molecule has 0 aliphatic rings. The van der Waals surface area contributed by atoms with Gasteiger partial charge in [-0.3, -0.25) is 0 Å². The molecule has 0 radical (unpaired) electrons. The fourth-order valence-electron chi connectivity index (χ4n) is 1.36. The van der Waals surface area contributed by atoms with E-state index < -0.39 is 0 Å². The van der Waals surface area contributed by atoms with E-state index >= 15 is 0 Å². The molecule has 0 bridgehead atoms. The van der Waals surface area contributed by atoms with Gasteiger partial charge in [0.25, 0.3) is 0 Å². The molecule has 0 spiro atoms. The van der Waals surface area contributed by atoms with Crippen molar-refractivity contribution in [3.8, 4) is 0 Å². The molecule has 1 aromatic rings. The first kappa shape index (κ1) is 17.0. The summed E-state index contributed by atoms with van der Waals surface area (Å²) in [5, 5.41) is 4.72. The van der Waals surface area contributed by atoms with Crippen molar-refractivity contribution in [2.24, 2.45) is 0 Å². The fraction of sp³-hybridized carbons (Fsp3) is 0.500. The lowest BCUT2D eigenvalue weighted by Crippen LogP contribution is -2.16. The van der Waals surface area contributed by atoms with Crippen molar-refractivity contribution in [3.05, 3.63) is 33.8 Å². The van der Waals surface area contributed by atoms with Crippen LogP contribution in [0.5, 0.6) is 0 Å². The van der Waals surface area contributed by atoms with Crippen molar-refractivity contribution < 1.29 is 4.74 Å². The van der Waals surface area contributed by atoms with E-state index in [1.165, 1.54) is 0 Å². The van der Waals surface area contributed by atoms with Crippen LogP contribution in [0.1, 0.15) is 18.9 Å². The number of hydrogen-bond acceptors (Lipinski definition) is 2. The third kappa shape index (κ3) is 6.49. The van der Waals surface area contributed by atoms with Gasteiger partial charge in [-0.05, 0) is 32.0 Å². The lowest BCUT2D eigenvalue weighted by Gasteiger charge is -2.08. The topological polar surface area (TPSA) is 21.3 Å². The molecule has 1 N–H and O–H groups in total. The summed E-state index contributed by atoms with van der Waals surface area (Å²) in [7, 11) is 0. The van der Waals surface area contributed by atoms with Crippen LogP contribution < -0.4 is 5.32 Å². The molecule has 98 valence electrons. The monoisotopic (exact) mass is 297 g/mol. The minimum Gasteiger partial charge on any atom is -0.382 e. The summed E-state index contributed by atoms with van der Waals surface area (Å²) in [6.45, 7) is 5.17. The predicted octanol–water partition coefficient (Wildman–Crippen LogP) is 3.93. The van der Waals surface area contributed by atoms with Gasteiger partial charge in [0.05, 0.1) is 0 Å². The van der Waals surface area contributed by atoms with Gasteiger partial charge in [-0.25, -0.2) is 0 Å². The highest BCUT2D eigenvalue weighted by Gasteiger charge is 2.03. The van der Waals surface area contributed by atoms with Gasteiger partial charge in [-0.15, -0.1) is 12.4 Å². The maximum Gasteiger partial charge on any atom is 0.0477 e. The summed E-state index contributed by atoms with van der Waals surface area (Å²) < 4.78 is 5.24. The summed E-state index contributed by atoms with van der Waals surface area (Å²) in [5.41, 5.74) is 0.960. The van der Waals surface area contributed by atoms with E-state index in [4.69, 9.17) is 27.9 Å². The SMILES string of the molecule is CCOCCCNCc1c(Cl)cccc1Cl.Cl. The molecular formula is C12H18Cl3NO. The highest BCUT2D eigenvalue weighted by Crippen LogP contribution is 2.23. The molecule has 17 heavy (non-hydrogen) atoms. The molecule has 0 aliphatic heterocycles. The first-order chi connectivity index (χ1) is 7.75. The molecule has 1 rings (SSSR count). The van der Waals surface area contributed by atoms with Crippen molar-refractivity contribution in [2.75, 3.05) is 19.8 Å². The maximum atomic E-state index is 6.04. The molecule has 0 amide bonds. The predicted molar refractivity (Wildman–Crippen MR) is 76.5 cm³/mol. The molecule has 0 aliphatic carbocycles. The molecule has 0 heterocycles. The van der Waals surface area contributed by atoms with Gasteiger partial charge in [0.2, 0.25) is 0 Å². The van der Waals surface area contributed by atoms with Crippen LogP contribution in [0.3, 0.4) is 0 Å². The van der Waals surface area contributed by atoms with E-state index in [9.17, 15) is 0 Å². The Morgan fingerprint density at radius 1 is 1.24 bits per heavy atom. The van der Waals surface area contributed by atoms with E-state index in [1.54, 1.807) is 0 Å². The van der Waals surface area contributed by atoms with E-state index in [2.05, 4.69) is 5.32 Å². The van der Waals surface area contributed by atoms with Crippen LogP contribution in [0.25, 0.3) is 0 Å². The zero-order valence-corrected chi connectivity index (χ0v) is 12.2. The zero-order chi connectivity index (χ0) is 11.8. The zero-order valence-electron chi connectivity index (χ0n) is 9.84. The Morgan fingerprint density at radius 3 is 2.47 bits per heavy atom. The number of halogens is 3. The second-order valence-electron chi connectivity index (χ2n) is 3.43. The van der Waals surface area contributed by atoms with Crippen LogP contribution in [-0.2, 0) is 11.3 Å². The van der Waals surface area contributed by atoms with Crippen LogP contribution in [-0.4, -0.2) is 19.8 Å². The number of nitrogens with one attached hydrogen (secondary N) is 1. The molecule has 0 unspecified atom stereocenters. The third-order valence-corrected chi connectivity index (χ3v) is 2.92. The Kier molecular flexibility index (Phi) is 9.99. The van der Waals surface area contributed by atoms with Crippen LogP contribution in [0.2, 0.25) is 10.0 Å². The summed E-state index contributed by atoms with van der Waals surface area (Å²) in [5.74, 6) is 0. The number of rotatable bonds is 7. The van der Waals surface area contributed by atoms with E-state index in [1.807, 2.05) is 25.1 Å². The van der Waals surface area contributed by atoms with Gasteiger partial charge in [0.15, 0.2) is 0 Å². The Balaban J connectivity index is 0.00000256. The fourth-order valence-corrected chi connectivity index (χ4v) is 1.89. The smallest absolute Gasteiger partial charge is 0.0477 e. The summed E-state index contributed by atoms with van der Waals surface area (Å²) in [6, 6.07) is 5.55. The van der Waals surface area contributed by atoms with Crippen molar-refractivity contribution in [1.29, 1.82) is 0 Å². The molecule has 2 nitrogen and oxygen atoms in total. The first-order valence-electron chi connectivity index (χ1n) is 5.47. The molecule has 0 fully saturated rings. The molecule has 0 saturated carbocycles. The minimum absolute atomic E-state index is 0. The Labute approximate surface area is 119 Å². The van der Waals surface area contributed by atoms with Gasteiger partial charge < -0.3 is 10.1 Å². The Bertz CT molecular complexity index is 300. The highest BCUT2D eigenvalue weighted by molar-refractivity contribution is 6.35. The standard InChI is InChI=1S/C12H17Cl2NO.ClH/c1-2-16-8-4-7-15-9-10-11(13)5-3-6-12(10)14;/h3,5-6,15H,2,4,7-9H2,1H3;1H. The van der Waals surface area contributed by atoms with Crippen LogP contribution in [0.4, 0.5) is 0 Å². The van der Waals surface area contributed by atoms with Gasteiger partial charge in [0, 0.05) is 35.4 Å². The quantitative estimate of drug-likeness (QED) is 0.770. The van der Waals surface area contributed by atoms with Crippen LogP contribution in [0, 0.1) is 0 Å².